The van der Waals surface area contributed by atoms with Crippen LogP contribution in [0.25, 0.3) is 0 Å². The molecule has 1 atom stereocenters. The smallest absolute Gasteiger partial charge is 0.231 e. The van der Waals surface area contributed by atoms with Gasteiger partial charge in [-0.2, -0.15) is 0 Å². The number of nitrogens with one attached hydrogen (secondary N) is 1. The predicted molar refractivity (Wildman–Crippen MR) is 123 cm³/mol. The molecule has 3 rings (SSSR count). The van der Waals surface area contributed by atoms with Gasteiger partial charge in [-0.15, -0.1) is 0 Å². The number of nitrogens with zero attached hydrogens (tertiary/aromatic N) is 1. The molecule has 0 bridgehead atoms. The van der Waals surface area contributed by atoms with Gasteiger partial charge in [0.05, 0.1) is 13.0 Å². The molecular formula is C24H32N2O3S. The second-order valence-corrected chi connectivity index (χ2v) is 8.37. The van der Waals surface area contributed by atoms with E-state index in [0.29, 0.717) is 13.0 Å². The summed E-state index contributed by atoms with van der Waals surface area (Å²) >= 11 is 1.61. The van der Waals surface area contributed by atoms with Crippen molar-refractivity contribution in [2.75, 3.05) is 31.3 Å². The van der Waals surface area contributed by atoms with Crippen molar-refractivity contribution in [3.63, 3.8) is 0 Å². The highest BCUT2D eigenvalue weighted by atomic mass is 32.2. The highest BCUT2D eigenvalue weighted by molar-refractivity contribution is 7.97. The van der Waals surface area contributed by atoms with Crippen molar-refractivity contribution in [2.24, 2.45) is 0 Å². The van der Waals surface area contributed by atoms with Gasteiger partial charge in [0, 0.05) is 36.4 Å². The SMILES string of the molecule is CCOCCCNSc1ccc2c(c1)N(C(=O)Cc1ccc(OCC)cc1)C(C)C2. The quantitative estimate of drug-likeness (QED) is 0.418. The first-order chi connectivity index (χ1) is 14.6. The zero-order valence-electron chi connectivity index (χ0n) is 18.1. The zero-order valence-corrected chi connectivity index (χ0v) is 19.0. The van der Waals surface area contributed by atoms with E-state index in [-0.39, 0.29) is 11.9 Å². The van der Waals surface area contributed by atoms with Crippen LogP contribution in [0.5, 0.6) is 5.75 Å². The van der Waals surface area contributed by atoms with Crippen LogP contribution in [-0.4, -0.2) is 38.3 Å². The Kier molecular flexibility index (Phi) is 8.61. The van der Waals surface area contributed by atoms with Gasteiger partial charge in [-0.25, -0.2) is 0 Å². The number of ether oxygens (including phenoxy) is 2. The largest absolute Gasteiger partial charge is 0.494 e. The number of benzene rings is 2. The van der Waals surface area contributed by atoms with Crippen LogP contribution in [-0.2, 0) is 22.4 Å². The molecule has 6 heteroatoms. The standard InChI is InChI=1S/C24H32N2O3S/c1-4-28-14-6-13-25-30-22-12-9-20-15-18(3)26(23(20)17-22)24(27)16-19-7-10-21(11-8-19)29-5-2/h7-12,17-18,25H,4-6,13-16H2,1-3H3. The molecule has 1 aliphatic heterocycles. The third-order valence-corrected chi connectivity index (χ3v) is 5.93. The lowest BCUT2D eigenvalue weighted by atomic mass is 10.1. The Hall–Kier alpha value is -2.02. The van der Waals surface area contributed by atoms with Crippen LogP contribution in [0, 0.1) is 0 Å². The molecule has 0 saturated carbocycles. The van der Waals surface area contributed by atoms with Crippen LogP contribution in [0.1, 0.15) is 38.3 Å². The summed E-state index contributed by atoms with van der Waals surface area (Å²) in [5.41, 5.74) is 3.29. The Labute approximate surface area is 184 Å². The maximum Gasteiger partial charge on any atom is 0.231 e. The molecule has 0 aliphatic carbocycles. The lowest BCUT2D eigenvalue weighted by molar-refractivity contribution is -0.118. The van der Waals surface area contributed by atoms with Gasteiger partial charge in [0.15, 0.2) is 0 Å². The highest BCUT2D eigenvalue weighted by Crippen LogP contribution is 2.35. The molecule has 2 aromatic carbocycles. The van der Waals surface area contributed by atoms with Crippen molar-refractivity contribution in [1.82, 2.24) is 4.72 Å². The maximum atomic E-state index is 13.1. The fourth-order valence-electron chi connectivity index (χ4n) is 3.69. The molecule has 162 valence electrons. The minimum absolute atomic E-state index is 0.136. The van der Waals surface area contributed by atoms with Gasteiger partial charge in [-0.3, -0.25) is 9.52 Å². The summed E-state index contributed by atoms with van der Waals surface area (Å²) in [5, 5.41) is 0. The number of amides is 1. The summed E-state index contributed by atoms with van der Waals surface area (Å²) in [6.45, 7) is 9.16. The second kappa shape index (κ2) is 11.4. The third kappa shape index (κ3) is 6.00. The van der Waals surface area contributed by atoms with E-state index in [0.717, 1.165) is 54.5 Å². The Morgan fingerprint density at radius 1 is 1.17 bits per heavy atom. The normalized spacial score (nSPS) is 15.3. The summed E-state index contributed by atoms with van der Waals surface area (Å²) in [6, 6.07) is 14.4. The van der Waals surface area contributed by atoms with Crippen LogP contribution in [0.15, 0.2) is 47.4 Å². The van der Waals surface area contributed by atoms with Crippen molar-refractivity contribution >= 4 is 23.5 Å². The number of hydrogen-bond donors (Lipinski definition) is 1. The summed E-state index contributed by atoms with van der Waals surface area (Å²) in [4.78, 5) is 16.2. The van der Waals surface area contributed by atoms with Crippen LogP contribution >= 0.6 is 11.9 Å². The van der Waals surface area contributed by atoms with Gasteiger partial charge in [-0.05, 0) is 81.0 Å². The lowest BCUT2D eigenvalue weighted by Crippen LogP contribution is -2.36. The van der Waals surface area contributed by atoms with Crippen LogP contribution in [0.4, 0.5) is 5.69 Å². The Morgan fingerprint density at radius 2 is 1.97 bits per heavy atom. The number of fused-ring (bicyclic) bond motifs is 1. The minimum atomic E-state index is 0.136. The molecule has 0 saturated heterocycles. The van der Waals surface area contributed by atoms with Gasteiger partial charge >= 0.3 is 0 Å². The molecule has 1 aliphatic rings. The monoisotopic (exact) mass is 428 g/mol. The van der Waals surface area contributed by atoms with Crippen LogP contribution < -0.4 is 14.4 Å². The van der Waals surface area contributed by atoms with E-state index in [1.54, 1.807) is 11.9 Å². The van der Waals surface area contributed by atoms with Gasteiger partial charge in [-0.1, -0.05) is 18.2 Å². The maximum absolute atomic E-state index is 13.1. The molecule has 5 nitrogen and oxygen atoms in total. The molecular weight excluding hydrogens is 396 g/mol. The lowest BCUT2D eigenvalue weighted by Gasteiger charge is -2.23. The highest BCUT2D eigenvalue weighted by Gasteiger charge is 2.31. The number of hydrogen-bond acceptors (Lipinski definition) is 5. The molecule has 1 unspecified atom stereocenters. The molecule has 1 heterocycles. The van der Waals surface area contributed by atoms with Gasteiger partial charge < -0.3 is 14.4 Å². The van der Waals surface area contributed by atoms with Crippen LogP contribution in [0.3, 0.4) is 0 Å². The summed E-state index contributed by atoms with van der Waals surface area (Å²) in [7, 11) is 0. The van der Waals surface area contributed by atoms with E-state index in [4.69, 9.17) is 9.47 Å². The van der Waals surface area contributed by atoms with E-state index in [1.165, 1.54) is 5.56 Å². The van der Waals surface area contributed by atoms with Crippen molar-refractivity contribution in [2.45, 2.75) is 51.0 Å². The Bertz CT molecular complexity index is 826. The molecule has 0 aromatic heterocycles. The number of rotatable bonds is 11. The van der Waals surface area contributed by atoms with Gasteiger partial charge in [0.1, 0.15) is 5.75 Å². The van der Waals surface area contributed by atoms with Gasteiger partial charge in [0.2, 0.25) is 5.91 Å². The topological polar surface area (TPSA) is 50.8 Å². The molecule has 0 spiro atoms. The molecule has 1 amide bonds. The van der Waals surface area contributed by atoms with Crippen LogP contribution in [0.2, 0.25) is 0 Å². The number of anilines is 1. The Balaban J connectivity index is 1.61. The molecule has 30 heavy (non-hydrogen) atoms. The van der Waals surface area contributed by atoms with E-state index in [1.807, 2.05) is 43.0 Å². The fraction of sp³-hybridized carbons (Fsp3) is 0.458. The third-order valence-electron chi connectivity index (χ3n) is 5.09. The first kappa shape index (κ1) is 22.7. The van der Waals surface area contributed by atoms with Crippen molar-refractivity contribution in [1.29, 1.82) is 0 Å². The van der Waals surface area contributed by atoms with E-state index < -0.39 is 0 Å². The molecule has 0 radical (unpaired) electrons. The minimum Gasteiger partial charge on any atom is -0.494 e. The van der Waals surface area contributed by atoms with Gasteiger partial charge in [0.25, 0.3) is 0 Å². The zero-order chi connectivity index (χ0) is 21.3. The summed E-state index contributed by atoms with van der Waals surface area (Å²) in [5.74, 6) is 0.973. The van der Waals surface area contributed by atoms with Crippen molar-refractivity contribution < 1.29 is 14.3 Å². The first-order valence-corrected chi connectivity index (χ1v) is 11.6. The molecule has 1 N–H and O–H groups in total. The number of carbonyl (C=O) groups excluding carboxylic acids is 1. The Morgan fingerprint density at radius 3 is 2.70 bits per heavy atom. The first-order valence-electron chi connectivity index (χ1n) is 10.8. The summed E-state index contributed by atoms with van der Waals surface area (Å²) < 4.78 is 14.2. The second-order valence-electron chi connectivity index (χ2n) is 7.41. The van der Waals surface area contributed by atoms with E-state index in [9.17, 15) is 4.79 Å². The molecule has 2 aromatic rings. The van der Waals surface area contributed by atoms with E-state index in [2.05, 4.69) is 29.8 Å². The van der Waals surface area contributed by atoms with E-state index >= 15 is 0 Å². The number of carbonyl (C=O) groups is 1. The fourth-order valence-corrected chi connectivity index (χ4v) is 4.41. The average molecular weight is 429 g/mol. The molecule has 0 fully saturated rings. The van der Waals surface area contributed by atoms with Crippen molar-refractivity contribution in [3.8, 4) is 5.75 Å². The average Bonchev–Trinajstić information content (AvgIpc) is 3.07. The summed E-state index contributed by atoms with van der Waals surface area (Å²) in [6.07, 6.45) is 2.27. The van der Waals surface area contributed by atoms with Crippen molar-refractivity contribution in [3.05, 3.63) is 53.6 Å². The predicted octanol–water partition coefficient (Wildman–Crippen LogP) is 4.63.